The van der Waals surface area contributed by atoms with Crippen molar-refractivity contribution in [3.8, 4) is 0 Å². The third kappa shape index (κ3) is 5.80. The molecule has 0 N–H and O–H groups in total. The van der Waals surface area contributed by atoms with Crippen LogP contribution in [0.2, 0.25) is 0 Å². The molecule has 2 aliphatic rings. The number of carbonyl (C=O) groups is 1. The van der Waals surface area contributed by atoms with E-state index in [0.717, 1.165) is 25.7 Å². The van der Waals surface area contributed by atoms with Crippen LogP contribution in [-0.2, 0) is 42.9 Å². The molecular formula is C23H30FN3O5S. The zero-order chi connectivity index (χ0) is 23.4. The highest BCUT2D eigenvalue weighted by Crippen LogP contribution is 2.32. The van der Waals surface area contributed by atoms with Crippen molar-refractivity contribution in [2.24, 2.45) is 5.92 Å². The Bertz CT molecular complexity index is 1080. The second-order valence-electron chi connectivity index (χ2n) is 8.66. The van der Waals surface area contributed by atoms with E-state index in [1.165, 1.54) is 24.4 Å². The molecular weight excluding hydrogens is 449 g/mol. The number of methoxy groups -OCH3 is 1. The Morgan fingerprint density at radius 1 is 1.30 bits per heavy atom. The molecule has 2 heterocycles. The van der Waals surface area contributed by atoms with E-state index in [-0.39, 0.29) is 35.2 Å². The summed E-state index contributed by atoms with van der Waals surface area (Å²) in [5, 5.41) is -0.123. The summed E-state index contributed by atoms with van der Waals surface area (Å²) in [6.07, 6.45) is 4.85. The van der Waals surface area contributed by atoms with Crippen LogP contribution in [-0.4, -0.2) is 61.7 Å². The molecule has 1 aliphatic heterocycles. The molecule has 0 bridgehead atoms. The van der Waals surface area contributed by atoms with Crippen LogP contribution in [0.3, 0.4) is 0 Å². The number of sulfone groups is 1. The molecule has 1 atom stereocenters. The van der Waals surface area contributed by atoms with E-state index < -0.39 is 21.4 Å². The van der Waals surface area contributed by atoms with Crippen molar-refractivity contribution >= 4 is 15.7 Å². The zero-order valence-electron chi connectivity index (χ0n) is 18.8. The lowest BCUT2D eigenvalue weighted by molar-refractivity contribution is -0.133. The second kappa shape index (κ2) is 10.3. The van der Waals surface area contributed by atoms with Crippen molar-refractivity contribution in [1.29, 1.82) is 0 Å². The number of ether oxygens (including phenoxy) is 2. The van der Waals surface area contributed by atoms with Crippen LogP contribution >= 0.6 is 0 Å². The quantitative estimate of drug-likeness (QED) is 0.492. The van der Waals surface area contributed by atoms with Gasteiger partial charge in [0.1, 0.15) is 5.82 Å². The van der Waals surface area contributed by atoms with Crippen molar-refractivity contribution < 1.29 is 27.1 Å². The summed E-state index contributed by atoms with van der Waals surface area (Å²) in [5.41, 5.74) is 0.707. The minimum absolute atomic E-state index is 0.0284. The Labute approximate surface area is 193 Å². The summed E-state index contributed by atoms with van der Waals surface area (Å²) in [6.45, 7) is 1.97. The third-order valence-electron chi connectivity index (χ3n) is 6.05. The van der Waals surface area contributed by atoms with Gasteiger partial charge in [0, 0.05) is 31.7 Å². The summed E-state index contributed by atoms with van der Waals surface area (Å²) in [7, 11) is -2.36. The molecule has 1 aliphatic carbocycles. The fourth-order valence-electron chi connectivity index (χ4n) is 4.09. The number of halogens is 1. The SMILES string of the molecule is COCCN(Cc1cnc(S(=O)(=O)Cc2ccccc2F)n1C[C@H]1CCCO1)C(=O)C1CC1. The Morgan fingerprint density at radius 2 is 2.09 bits per heavy atom. The van der Waals surface area contributed by atoms with Crippen molar-refractivity contribution in [3.63, 3.8) is 0 Å². The topological polar surface area (TPSA) is 90.7 Å². The average molecular weight is 480 g/mol. The molecule has 180 valence electrons. The molecule has 1 amide bonds. The fraction of sp³-hybridized carbons (Fsp3) is 0.565. The minimum atomic E-state index is -3.94. The summed E-state index contributed by atoms with van der Waals surface area (Å²) < 4.78 is 53.3. The predicted octanol–water partition coefficient (Wildman–Crippen LogP) is 2.56. The van der Waals surface area contributed by atoms with Gasteiger partial charge in [-0.2, -0.15) is 0 Å². The van der Waals surface area contributed by atoms with Crippen molar-refractivity contribution in [2.45, 2.75) is 55.8 Å². The number of rotatable bonds is 11. The lowest BCUT2D eigenvalue weighted by Gasteiger charge is -2.24. The lowest BCUT2D eigenvalue weighted by Crippen LogP contribution is -2.35. The van der Waals surface area contributed by atoms with Gasteiger partial charge in [-0.15, -0.1) is 0 Å². The highest BCUT2D eigenvalue weighted by Gasteiger charge is 2.34. The predicted molar refractivity (Wildman–Crippen MR) is 119 cm³/mol. The van der Waals surface area contributed by atoms with Crippen LogP contribution in [0.15, 0.2) is 35.6 Å². The number of hydrogen-bond donors (Lipinski definition) is 0. The van der Waals surface area contributed by atoms with Crippen molar-refractivity contribution in [1.82, 2.24) is 14.5 Å². The smallest absolute Gasteiger partial charge is 0.228 e. The maximum atomic E-state index is 14.2. The van der Waals surface area contributed by atoms with E-state index in [9.17, 15) is 17.6 Å². The number of aromatic nitrogens is 2. The maximum absolute atomic E-state index is 14.2. The summed E-state index contributed by atoms with van der Waals surface area (Å²) in [5.74, 6) is -0.983. The fourth-order valence-corrected chi connectivity index (χ4v) is 5.60. The molecule has 2 aromatic rings. The number of imidazole rings is 1. The van der Waals surface area contributed by atoms with E-state index in [1.807, 2.05) is 0 Å². The van der Waals surface area contributed by atoms with E-state index in [2.05, 4.69) is 4.98 Å². The Hall–Kier alpha value is -2.30. The van der Waals surface area contributed by atoms with Gasteiger partial charge in [0.05, 0.1) is 43.4 Å². The molecule has 1 saturated heterocycles. The minimum Gasteiger partial charge on any atom is -0.383 e. The van der Waals surface area contributed by atoms with Crippen LogP contribution in [0.1, 0.15) is 36.9 Å². The highest BCUT2D eigenvalue weighted by atomic mass is 32.2. The highest BCUT2D eigenvalue weighted by molar-refractivity contribution is 7.90. The van der Waals surface area contributed by atoms with Crippen molar-refractivity contribution in [3.05, 3.63) is 47.5 Å². The molecule has 1 saturated carbocycles. The van der Waals surface area contributed by atoms with E-state index in [1.54, 1.807) is 22.6 Å². The number of benzene rings is 1. The first-order valence-electron chi connectivity index (χ1n) is 11.3. The van der Waals surface area contributed by atoms with Gasteiger partial charge in [0.15, 0.2) is 0 Å². The zero-order valence-corrected chi connectivity index (χ0v) is 19.6. The standard InChI is InChI=1S/C23H30FN3O5S/c1-31-12-10-26(22(28)17-8-9-17)14-19-13-25-23(27(19)15-20-6-4-11-32-20)33(29,30)16-18-5-2-3-7-21(18)24/h2-3,5,7,13,17,20H,4,6,8-12,14-16H2,1H3/t20-/m1/s1. The van der Waals surface area contributed by atoms with Gasteiger partial charge in [-0.3, -0.25) is 4.79 Å². The van der Waals surface area contributed by atoms with Gasteiger partial charge in [-0.05, 0) is 31.7 Å². The van der Waals surface area contributed by atoms with Gasteiger partial charge in [0.2, 0.25) is 20.9 Å². The number of carbonyl (C=O) groups excluding carboxylic acids is 1. The normalized spacial score (nSPS) is 18.5. The molecule has 0 spiro atoms. The summed E-state index contributed by atoms with van der Waals surface area (Å²) in [6, 6.07) is 5.83. The first-order valence-corrected chi connectivity index (χ1v) is 12.9. The first-order chi connectivity index (χ1) is 15.9. The van der Waals surface area contributed by atoms with Crippen molar-refractivity contribution in [2.75, 3.05) is 26.9 Å². The molecule has 0 radical (unpaired) electrons. The van der Waals surface area contributed by atoms with E-state index in [0.29, 0.717) is 32.0 Å². The van der Waals surface area contributed by atoms with E-state index in [4.69, 9.17) is 9.47 Å². The summed E-state index contributed by atoms with van der Waals surface area (Å²) in [4.78, 5) is 18.8. The Kier molecular flexibility index (Phi) is 7.45. The van der Waals surface area contributed by atoms with E-state index >= 15 is 0 Å². The maximum Gasteiger partial charge on any atom is 0.228 e. The Balaban J connectivity index is 1.64. The number of hydrogen-bond acceptors (Lipinski definition) is 6. The molecule has 10 heteroatoms. The molecule has 4 rings (SSSR count). The molecule has 8 nitrogen and oxygen atoms in total. The number of amides is 1. The van der Waals surface area contributed by atoms with Crippen LogP contribution in [0.5, 0.6) is 0 Å². The second-order valence-corrected chi connectivity index (χ2v) is 10.5. The van der Waals surface area contributed by atoms with Gasteiger partial charge in [-0.25, -0.2) is 17.8 Å². The lowest BCUT2D eigenvalue weighted by atomic mass is 10.2. The van der Waals surface area contributed by atoms with Crippen LogP contribution in [0, 0.1) is 11.7 Å². The molecule has 2 fully saturated rings. The monoisotopic (exact) mass is 479 g/mol. The van der Waals surface area contributed by atoms with Gasteiger partial charge < -0.3 is 18.9 Å². The van der Waals surface area contributed by atoms with Crippen LogP contribution in [0.25, 0.3) is 0 Å². The molecule has 0 unspecified atom stereocenters. The third-order valence-corrected chi connectivity index (χ3v) is 7.62. The average Bonchev–Trinajstić information content (AvgIpc) is 3.37. The number of nitrogens with zero attached hydrogens (tertiary/aromatic N) is 3. The van der Waals surface area contributed by atoms with Gasteiger partial charge >= 0.3 is 0 Å². The molecule has 1 aromatic carbocycles. The van der Waals surface area contributed by atoms with Gasteiger partial charge in [0.25, 0.3) is 0 Å². The largest absolute Gasteiger partial charge is 0.383 e. The molecule has 1 aromatic heterocycles. The molecule has 33 heavy (non-hydrogen) atoms. The van der Waals surface area contributed by atoms with Gasteiger partial charge in [-0.1, -0.05) is 18.2 Å². The van der Waals surface area contributed by atoms with Crippen LogP contribution in [0.4, 0.5) is 4.39 Å². The van der Waals surface area contributed by atoms with Crippen LogP contribution < -0.4 is 0 Å². The Morgan fingerprint density at radius 3 is 2.76 bits per heavy atom. The first kappa shape index (κ1) is 23.8. The summed E-state index contributed by atoms with van der Waals surface area (Å²) >= 11 is 0.